The van der Waals surface area contributed by atoms with Crippen LogP contribution < -0.4 is 15.8 Å². The summed E-state index contributed by atoms with van der Waals surface area (Å²) in [5.41, 5.74) is 7.53. The number of nitrogens with zero attached hydrogens (tertiary/aromatic N) is 1. The number of rotatable bonds is 6. The predicted octanol–water partition coefficient (Wildman–Crippen LogP) is 2.51. The number of hydrogen-bond donors (Lipinski definition) is 2. The summed E-state index contributed by atoms with van der Waals surface area (Å²) in [6.07, 6.45) is 1.82. The molecule has 0 radical (unpaired) electrons. The van der Waals surface area contributed by atoms with Gasteiger partial charge in [0.15, 0.2) is 0 Å². The molecule has 0 saturated carbocycles. The summed E-state index contributed by atoms with van der Waals surface area (Å²) in [4.78, 5) is 16.2. The van der Waals surface area contributed by atoms with E-state index in [1.54, 1.807) is 18.3 Å². The van der Waals surface area contributed by atoms with Gasteiger partial charge in [0, 0.05) is 18.7 Å². The largest absolute Gasteiger partial charge is 0.476 e. The molecule has 1 unspecified atom stereocenters. The molecule has 0 saturated heterocycles. The van der Waals surface area contributed by atoms with Crippen molar-refractivity contribution in [3.05, 3.63) is 54.2 Å². The fourth-order valence-electron chi connectivity index (χ4n) is 1.96. The van der Waals surface area contributed by atoms with Gasteiger partial charge in [-0.15, -0.1) is 0 Å². The summed E-state index contributed by atoms with van der Waals surface area (Å²) in [6.45, 7) is 2.36. The first-order chi connectivity index (χ1) is 10.2. The molecule has 2 rings (SSSR count). The fourth-order valence-corrected chi connectivity index (χ4v) is 1.96. The second-order valence-electron chi connectivity index (χ2n) is 4.56. The SMILES string of the molecule is CCOc1ncccc1NC(=O)CC(N)c1ccccc1. The number of nitrogens with one attached hydrogen (secondary N) is 1. The highest BCUT2D eigenvalue weighted by Gasteiger charge is 2.13. The van der Waals surface area contributed by atoms with E-state index in [1.165, 1.54) is 0 Å². The average Bonchev–Trinajstić information content (AvgIpc) is 2.50. The van der Waals surface area contributed by atoms with E-state index >= 15 is 0 Å². The standard InChI is InChI=1S/C16H19N3O2/c1-2-21-16-14(9-6-10-18-16)19-15(20)11-13(17)12-7-4-3-5-8-12/h3-10,13H,2,11,17H2,1H3,(H,19,20). The van der Waals surface area contributed by atoms with Crippen molar-refractivity contribution in [2.75, 3.05) is 11.9 Å². The van der Waals surface area contributed by atoms with Gasteiger partial charge in [-0.05, 0) is 24.6 Å². The van der Waals surface area contributed by atoms with Crippen LogP contribution in [0.4, 0.5) is 5.69 Å². The molecule has 21 heavy (non-hydrogen) atoms. The first kappa shape index (κ1) is 15.0. The van der Waals surface area contributed by atoms with Gasteiger partial charge in [0.1, 0.15) is 5.69 Å². The number of aromatic nitrogens is 1. The van der Waals surface area contributed by atoms with Crippen molar-refractivity contribution in [2.24, 2.45) is 5.73 Å². The molecule has 1 amide bonds. The summed E-state index contributed by atoms with van der Waals surface area (Å²) in [7, 11) is 0. The number of hydrogen-bond acceptors (Lipinski definition) is 4. The zero-order valence-electron chi connectivity index (χ0n) is 12.0. The van der Waals surface area contributed by atoms with Crippen LogP contribution in [0.5, 0.6) is 5.88 Å². The van der Waals surface area contributed by atoms with Crippen molar-refractivity contribution >= 4 is 11.6 Å². The summed E-state index contributed by atoms with van der Waals surface area (Å²) < 4.78 is 5.37. The molecule has 1 heterocycles. The molecule has 1 atom stereocenters. The average molecular weight is 285 g/mol. The van der Waals surface area contributed by atoms with Gasteiger partial charge in [-0.2, -0.15) is 0 Å². The Morgan fingerprint density at radius 3 is 2.76 bits per heavy atom. The van der Waals surface area contributed by atoms with Gasteiger partial charge >= 0.3 is 0 Å². The molecule has 0 aliphatic heterocycles. The van der Waals surface area contributed by atoms with Crippen molar-refractivity contribution < 1.29 is 9.53 Å². The molecular weight excluding hydrogens is 266 g/mol. The Kier molecular flexibility index (Phi) is 5.29. The van der Waals surface area contributed by atoms with Crippen molar-refractivity contribution in [3.8, 4) is 5.88 Å². The lowest BCUT2D eigenvalue weighted by Crippen LogP contribution is -2.21. The highest BCUT2D eigenvalue weighted by Crippen LogP contribution is 2.21. The van der Waals surface area contributed by atoms with E-state index < -0.39 is 0 Å². The zero-order valence-corrected chi connectivity index (χ0v) is 12.0. The third-order valence-electron chi connectivity index (χ3n) is 2.96. The number of carbonyl (C=O) groups excluding carboxylic acids is 1. The quantitative estimate of drug-likeness (QED) is 0.855. The van der Waals surface area contributed by atoms with Crippen LogP contribution in [0.2, 0.25) is 0 Å². The molecule has 1 aromatic heterocycles. The minimum Gasteiger partial charge on any atom is -0.476 e. The van der Waals surface area contributed by atoms with E-state index in [0.29, 0.717) is 18.2 Å². The Morgan fingerprint density at radius 1 is 1.29 bits per heavy atom. The molecule has 110 valence electrons. The number of pyridine rings is 1. The lowest BCUT2D eigenvalue weighted by atomic mass is 10.0. The van der Waals surface area contributed by atoms with Gasteiger partial charge in [0.2, 0.25) is 11.8 Å². The maximum absolute atomic E-state index is 12.1. The monoisotopic (exact) mass is 285 g/mol. The van der Waals surface area contributed by atoms with Crippen molar-refractivity contribution in [1.29, 1.82) is 0 Å². The topological polar surface area (TPSA) is 77.2 Å². The zero-order chi connectivity index (χ0) is 15.1. The number of amides is 1. The van der Waals surface area contributed by atoms with E-state index in [1.807, 2.05) is 37.3 Å². The van der Waals surface area contributed by atoms with Crippen LogP contribution in [-0.2, 0) is 4.79 Å². The highest BCUT2D eigenvalue weighted by atomic mass is 16.5. The smallest absolute Gasteiger partial charge is 0.237 e. The highest BCUT2D eigenvalue weighted by molar-refractivity contribution is 5.92. The molecule has 5 nitrogen and oxygen atoms in total. The van der Waals surface area contributed by atoms with Gasteiger partial charge in [0.05, 0.1) is 6.61 Å². The normalized spacial score (nSPS) is 11.7. The molecule has 5 heteroatoms. The summed E-state index contributed by atoms with van der Waals surface area (Å²) in [6, 6.07) is 12.7. The number of carbonyl (C=O) groups is 1. The Balaban J connectivity index is 1.99. The fraction of sp³-hybridized carbons (Fsp3) is 0.250. The summed E-state index contributed by atoms with van der Waals surface area (Å²) in [5, 5.41) is 2.79. The summed E-state index contributed by atoms with van der Waals surface area (Å²) >= 11 is 0. The van der Waals surface area contributed by atoms with Gasteiger partial charge < -0.3 is 15.8 Å². The third-order valence-corrected chi connectivity index (χ3v) is 2.96. The van der Waals surface area contributed by atoms with E-state index in [0.717, 1.165) is 5.56 Å². The molecule has 0 bridgehead atoms. The van der Waals surface area contributed by atoms with E-state index in [9.17, 15) is 4.79 Å². The Bertz CT molecular complexity index is 587. The molecule has 3 N–H and O–H groups in total. The van der Waals surface area contributed by atoms with Crippen LogP contribution in [0.1, 0.15) is 24.9 Å². The van der Waals surface area contributed by atoms with Crippen molar-refractivity contribution in [2.45, 2.75) is 19.4 Å². The van der Waals surface area contributed by atoms with Crippen LogP contribution in [0, 0.1) is 0 Å². The predicted molar refractivity (Wildman–Crippen MR) is 82.0 cm³/mol. The maximum Gasteiger partial charge on any atom is 0.237 e. The molecular formula is C16H19N3O2. The van der Waals surface area contributed by atoms with Crippen LogP contribution in [0.3, 0.4) is 0 Å². The molecule has 0 aliphatic carbocycles. The molecule has 0 aliphatic rings. The van der Waals surface area contributed by atoms with Crippen LogP contribution in [0.25, 0.3) is 0 Å². The molecule has 2 aromatic rings. The number of anilines is 1. The minimum absolute atomic E-state index is 0.166. The van der Waals surface area contributed by atoms with Crippen LogP contribution in [0.15, 0.2) is 48.7 Å². The van der Waals surface area contributed by atoms with E-state index in [-0.39, 0.29) is 18.4 Å². The second kappa shape index (κ2) is 7.40. The molecule has 0 fully saturated rings. The van der Waals surface area contributed by atoms with E-state index in [2.05, 4.69) is 10.3 Å². The first-order valence-electron chi connectivity index (χ1n) is 6.89. The van der Waals surface area contributed by atoms with Crippen molar-refractivity contribution in [1.82, 2.24) is 4.98 Å². The Morgan fingerprint density at radius 2 is 2.05 bits per heavy atom. The molecule has 1 aromatic carbocycles. The van der Waals surface area contributed by atoms with Gasteiger partial charge in [-0.3, -0.25) is 4.79 Å². The first-order valence-corrected chi connectivity index (χ1v) is 6.89. The Labute approximate surface area is 124 Å². The lowest BCUT2D eigenvalue weighted by Gasteiger charge is -2.13. The third kappa shape index (κ3) is 4.29. The van der Waals surface area contributed by atoms with Gasteiger partial charge in [-0.25, -0.2) is 4.98 Å². The number of ether oxygens (including phenoxy) is 1. The second-order valence-corrected chi connectivity index (χ2v) is 4.56. The minimum atomic E-state index is -0.335. The maximum atomic E-state index is 12.1. The summed E-state index contributed by atoms with van der Waals surface area (Å²) in [5.74, 6) is 0.252. The van der Waals surface area contributed by atoms with Gasteiger partial charge in [-0.1, -0.05) is 30.3 Å². The van der Waals surface area contributed by atoms with Gasteiger partial charge in [0.25, 0.3) is 0 Å². The Hall–Kier alpha value is -2.40. The van der Waals surface area contributed by atoms with Crippen LogP contribution in [-0.4, -0.2) is 17.5 Å². The van der Waals surface area contributed by atoms with E-state index in [4.69, 9.17) is 10.5 Å². The van der Waals surface area contributed by atoms with Crippen molar-refractivity contribution in [3.63, 3.8) is 0 Å². The molecule has 0 spiro atoms. The number of nitrogens with two attached hydrogens (primary N) is 1. The lowest BCUT2D eigenvalue weighted by molar-refractivity contribution is -0.116. The van der Waals surface area contributed by atoms with Crippen LogP contribution >= 0.6 is 0 Å². The number of benzene rings is 1.